The van der Waals surface area contributed by atoms with E-state index in [1.165, 1.54) is 11.3 Å². The lowest BCUT2D eigenvalue weighted by atomic mass is 9.90. The summed E-state index contributed by atoms with van der Waals surface area (Å²) in [6.45, 7) is 10.5. The van der Waals surface area contributed by atoms with Gasteiger partial charge in [-0.3, -0.25) is 28.9 Å². The van der Waals surface area contributed by atoms with E-state index in [0.29, 0.717) is 24.7 Å². The second kappa shape index (κ2) is 14.0. The van der Waals surface area contributed by atoms with Crippen LogP contribution in [0.5, 0.6) is 0 Å². The fourth-order valence-electron chi connectivity index (χ4n) is 7.65. The van der Waals surface area contributed by atoms with Crippen LogP contribution in [0.4, 0.5) is 17.2 Å². The van der Waals surface area contributed by atoms with Crippen LogP contribution >= 0.6 is 0 Å². The molecule has 50 heavy (non-hydrogen) atoms. The van der Waals surface area contributed by atoms with Crippen LogP contribution in [0.25, 0.3) is 16.9 Å². The minimum Gasteiger partial charge on any atom is -0.369 e. The van der Waals surface area contributed by atoms with Crippen LogP contribution in [0.3, 0.4) is 0 Å². The Balaban J connectivity index is 0.790. The Morgan fingerprint density at radius 2 is 1.62 bits per heavy atom. The number of piperidine rings is 2. The van der Waals surface area contributed by atoms with Crippen LogP contribution in [-0.4, -0.2) is 98.1 Å². The van der Waals surface area contributed by atoms with Gasteiger partial charge in [0, 0.05) is 88.6 Å². The number of benzene rings is 2. The molecule has 3 aliphatic heterocycles. The van der Waals surface area contributed by atoms with Gasteiger partial charge in [-0.05, 0) is 49.4 Å². The van der Waals surface area contributed by atoms with Crippen LogP contribution < -0.4 is 15.5 Å². The van der Waals surface area contributed by atoms with Crippen LogP contribution in [-0.2, 0) is 9.59 Å². The normalized spacial score (nSPS) is 19.6. The number of nitrogens with one attached hydrogen (secondary N) is 2. The number of imidazole rings is 1. The fourth-order valence-corrected chi connectivity index (χ4v) is 7.65. The lowest BCUT2D eigenvalue weighted by Crippen LogP contribution is -2.49. The topological polar surface area (TPSA) is 116 Å². The van der Waals surface area contributed by atoms with Gasteiger partial charge in [0.1, 0.15) is 0 Å². The maximum absolute atomic E-state index is 12.3. The zero-order valence-corrected chi connectivity index (χ0v) is 28.5. The van der Waals surface area contributed by atoms with Gasteiger partial charge in [-0.1, -0.05) is 36.4 Å². The molecule has 0 spiro atoms. The van der Waals surface area contributed by atoms with E-state index in [9.17, 15) is 9.59 Å². The Bertz CT molecular complexity index is 1970. The summed E-state index contributed by atoms with van der Waals surface area (Å²) in [5.41, 5.74) is 7.24. The van der Waals surface area contributed by atoms with Gasteiger partial charge in [0.05, 0.1) is 35.7 Å². The third-order valence-electron chi connectivity index (χ3n) is 10.6. The summed E-state index contributed by atoms with van der Waals surface area (Å²) in [6.07, 6.45) is 12.8. The van der Waals surface area contributed by atoms with Crippen molar-refractivity contribution in [2.75, 3.05) is 62.6 Å². The zero-order valence-electron chi connectivity index (χ0n) is 28.5. The predicted octanol–water partition coefficient (Wildman–Crippen LogP) is 4.62. The number of amides is 2. The Kier molecular flexibility index (Phi) is 9.03. The number of anilines is 3. The quantitative estimate of drug-likeness (QED) is 0.217. The van der Waals surface area contributed by atoms with Gasteiger partial charge >= 0.3 is 0 Å². The first-order valence-corrected chi connectivity index (χ1v) is 17.8. The Hall–Kier alpha value is -5.07. The number of aryl methyl sites for hydroxylation is 1. The molecule has 3 saturated heterocycles. The van der Waals surface area contributed by atoms with E-state index in [2.05, 4.69) is 88.9 Å². The van der Waals surface area contributed by atoms with Gasteiger partial charge in [-0.2, -0.15) is 5.10 Å². The van der Waals surface area contributed by atoms with Gasteiger partial charge < -0.3 is 15.1 Å². The van der Waals surface area contributed by atoms with Crippen molar-refractivity contribution in [2.45, 2.75) is 44.6 Å². The molecule has 2 amide bonds. The number of rotatable bonds is 9. The lowest BCUT2D eigenvalue weighted by Gasteiger charge is -2.38. The van der Waals surface area contributed by atoms with Crippen molar-refractivity contribution in [1.82, 2.24) is 39.3 Å². The molecule has 12 heteroatoms. The first kappa shape index (κ1) is 32.2. The highest BCUT2D eigenvalue weighted by molar-refractivity contribution is 6.01. The summed E-state index contributed by atoms with van der Waals surface area (Å²) in [5.74, 6) is 0.129. The number of carbonyl (C=O) groups is 2. The van der Waals surface area contributed by atoms with E-state index in [1.54, 1.807) is 0 Å². The number of nitrogens with zero attached hydrogens (tertiary/aromatic N) is 8. The highest BCUT2D eigenvalue weighted by atomic mass is 16.2. The minimum atomic E-state index is -0.233. The number of piperazine rings is 1. The van der Waals surface area contributed by atoms with E-state index in [1.807, 2.05) is 36.9 Å². The number of hydrogen-bond donors (Lipinski definition) is 2. The number of fused-ring (bicyclic) bond motifs is 1. The molecule has 0 saturated carbocycles. The number of aromatic nitrogens is 5. The highest BCUT2D eigenvalue weighted by Gasteiger charge is 2.28. The molecule has 2 N–H and O–H groups in total. The average Bonchev–Trinajstić information content (AvgIpc) is 3.83. The van der Waals surface area contributed by atoms with E-state index in [0.717, 1.165) is 93.4 Å². The van der Waals surface area contributed by atoms with E-state index in [-0.39, 0.29) is 17.7 Å². The second-order valence-electron chi connectivity index (χ2n) is 13.8. The van der Waals surface area contributed by atoms with Gasteiger partial charge in [-0.25, -0.2) is 9.97 Å². The number of likely N-dealkylation sites (tertiary alicyclic amines) is 1. The number of imide groups is 1. The molecule has 6 heterocycles. The Morgan fingerprint density at radius 3 is 2.38 bits per heavy atom. The van der Waals surface area contributed by atoms with Crippen LogP contribution in [0, 0.1) is 6.92 Å². The highest BCUT2D eigenvalue weighted by Crippen LogP contribution is 2.30. The van der Waals surface area contributed by atoms with Gasteiger partial charge in [-0.15, -0.1) is 0 Å². The maximum atomic E-state index is 12.3. The molecule has 3 fully saturated rings. The molecule has 3 aliphatic rings. The van der Waals surface area contributed by atoms with E-state index >= 15 is 0 Å². The van der Waals surface area contributed by atoms with Crippen molar-refractivity contribution in [3.63, 3.8) is 0 Å². The molecule has 1 atom stereocenters. The molecule has 258 valence electrons. The zero-order chi connectivity index (χ0) is 34.0. The number of hydrogen-bond acceptors (Lipinski definition) is 9. The molecule has 12 nitrogen and oxygen atoms in total. The molecule has 0 aliphatic carbocycles. The van der Waals surface area contributed by atoms with Crippen LogP contribution in [0.1, 0.15) is 48.8 Å². The van der Waals surface area contributed by atoms with Gasteiger partial charge in [0.25, 0.3) is 0 Å². The molecule has 3 aromatic heterocycles. The second-order valence-corrected chi connectivity index (χ2v) is 13.8. The van der Waals surface area contributed by atoms with Crippen molar-refractivity contribution in [2.24, 2.45) is 0 Å². The third kappa shape index (κ3) is 6.73. The molecule has 0 bridgehead atoms. The molecule has 5 aromatic rings. The monoisotopic (exact) mass is 672 g/mol. The molecule has 0 radical (unpaired) electrons. The van der Waals surface area contributed by atoms with Gasteiger partial charge in [0.15, 0.2) is 11.5 Å². The SMILES string of the molecule is Cc1ccccc1-c1cnc(Nc2cnn(C3CCN(CCN4CCN(c5ccc(C6CCC(=O)NC6=O)cc5)CC4)CC3)c2)c2nccn12. The standard InChI is InChI=1S/C38H44N10O2/c1-27-4-2-3-5-32(27)34-25-40-36(37-39-14-17-47(34)37)42-29-24-41-48(26-29)31-12-15-44(16-13-31)18-19-45-20-22-46(23-21-45)30-8-6-28(7-9-30)33-10-11-35(49)43-38(33)50/h2-9,14,17,24-26,31,33H,10-13,15-16,18-23H2,1H3,(H,40,42)(H,43,49,50). The maximum Gasteiger partial charge on any atom is 0.234 e. The van der Waals surface area contributed by atoms with E-state index < -0.39 is 0 Å². The smallest absolute Gasteiger partial charge is 0.234 e. The number of carbonyl (C=O) groups excluding carboxylic acids is 2. The molecule has 8 rings (SSSR count). The van der Waals surface area contributed by atoms with Crippen molar-refractivity contribution in [1.29, 1.82) is 0 Å². The van der Waals surface area contributed by atoms with Crippen molar-refractivity contribution in [3.05, 3.63) is 90.6 Å². The summed E-state index contributed by atoms with van der Waals surface area (Å²) < 4.78 is 4.20. The summed E-state index contributed by atoms with van der Waals surface area (Å²) in [7, 11) is 0. The summed E-state index contributed by atoms with van der Waals surface area (Å²) in [5, 5.41) is 10.7. The van der Waals surface area contributed by atoms with Crippen LogP contribution in [0.15, 0.2) is 79.5 Å². The van der Waals surface area contributed by atoms with Crippen LogP contribution in [0.2, 0.25) is 0 Å². The van der Waals surface area contributed by atoms with Gasteiger partial charge in [0.2, 0.25) is 11.8 Å². The molecule has 2 aromatic carbocycles. The fraction of sp³-hybridized carbons (Fsp3) is 0.395. The third-order valence-corrected chi connectivity index (χ3v) is 10.6. The summed E-state index contributed by atoms with van der Waals surface area (Å²) in [4.78, 5) is 40.7. The Labute approximate surface area is 292 Å². The molecule has 1 unspecified atom stereocenters. The van der Waals surface area contributed by atoms with Crippen molar-refractivity contribution >= 4 is 34.7 Å². The Morgan fingerprint density at radius 1 is 0.860 bits per heavy atom. The molecular weight excluding hydrogens is 628 g/mol. The van der Waals surface area contributed by atoms with Crippen molar-refractivity contribution in [3.8, 4) is 11.3 Å². The van der Waals surface area contributed by atoms with Crippen molar-refractivity contribution < 1.29 is 9.59 Å². The molecular formula is C38H44N10O2. The first-order valence-electron chi connectivity index (χ1n) is 17.8. The average molecular weight is 673 g/mol. The first-order chi connectivity index (χ1) is 24.5. The largest absolute Gasteiger partial charge is 0.369 e. The lowest BCUT2D eigenvalue weighted by molar-refractivity contribution is -0.134. The van der Waals surface area contributed by atoms with E-state index in [4.69, 9.17) is 10.1 Å². The summed E-state index contributed by atoms with van der Waals surface area (Å²) in [6, 6.07) is 17.1. The minimum absolute atomic E-state index is 0.172. The predicted molar refractivity (Wildman–Crippen MR) is 194 cm³/mol. The summed E-state index contributed by atoms with van der Waals surface area (Å²) >= 11 is 0.